The number of rotatable bonds is 8. The lowest BCUT2D eigenvalue weighted by Gasteiger charge is -2.58. The van der Waals surface area contributed by atoms with Gasteiger partial charge in [-0.2, -0.15) is 0 Å². The molecule has 1 amide bonds. The number of hydrogen-bond acceptors (Lipinski definition) is 6. The predicted molar refractivity (Wildman–Crippen MR) is 168 cm³/mol. The minimum Gasteiger partial charge on any atom is -0.497 e. The van der Waals surface area contributed by atoms with Crippen molar-refractivity contribution >= 4 is 11.7 Å². The SMILES string of the molecule is COc1ccc(CN2CCN(C3CC4(CCN(c5ccc(C(N)=O)cn5)CC4)C3)C(c3ccccc3C(C)C)C2)cc1. The van der Waals surface area contributed by atoms with E-state index < -0.39 is 5.91 Å². The van der Waals surface area contributed by atoms with Crippen molar-refractivity contribution in [1.82, 2.24) is 14.8 Å². The number of primary amides is 1. The fourth-order valence-electron chi connectivity index (χ4n) is 7.55. The number of anilines is 1. The van der Waals surface area contributed by atoms with Crippen molar-refractivity contribution in [2.24, 2.45) is 11.1 Å². The summed E-state index contributed by atoms with van der Waals surface area (Å²) in [4.78, 5) is 23.8. The maximum Gasteiger partial charge on any atom is 0.250 e. The summed E-state index contributed by atoms with van der Waals surface area (Å²) in [6.45, 7) is 10.9. The van der Waals surface area contributed by atoms with E-state index in [0.29, 0.717) is 29.0 Å². The second-order valence-corrected chi connectivity index (χ2v) is 12.9. The van der Waals surface area contributed by atoms with Gasteiger partial charge in [0.1, 0.15) is 11.6 Å². The first-order chi connectivity index (χ1) is 20.3. The van der Waals surface area contributed by atoms with Crippen molar-refractivity contribution in [2.75, 3.05) is 44.7 Å². The number of methoxy groups -OCH3 is 1. The lowest BCUT2D eigenvalue weighted by atomic mass is 9.59. The minimum atomic E-state index is -0.428. The van der Waals surface area contributed by atoms with Crippen LogP contribution in [0.5, 0.6) is 5.75 Å². The molecular weight excluding hydrogens is 522 g/mol. The smallest absolute Gasteiger partial charge is 0.250 e. The van der Waals surface area contributed by atoms with Crippen LogP contribution in [0.25, 0.3) is 0 Å². The molecule has 7 nitrogen and oxygen atoms in total. The summed E-state index contributed by atoms with van der Waals surface area (Å²) in [6, 6.07) is 22.5. The van der Waals surface area contributed by atoms with Gasteiger partial charge >= 0.3 is 0 Å². The first kappa shape index (κ1) is 28.7. The van der Waals surface area contributed by atoms with Gasteiger partial charge < -0.3 is 15.4 Å². The van der Waals surface area contributed by atoms with Gasteiger partial charge in [0, 0.05) is 57.5 Å². The maximum atomic E-state index is 11.4. The third-order valence-electron chi connectivity index (χ3n) is 10.0. The van der Waals surface area contributed by atoms with Crippen LogP contribution in [0.4, 0.5) is 5.82 Å². The summed E-state index contributed by atoms with van der Waals surface area (Å²) in [7, 11) is 1.72. The zero-order valence-electron chi connectivity index (χ0n) is 25.3. The van der Waals surface area contributed by atoms with Crippen molar-refractivity contribution < 1.29 is 9.53 Å². The van der Waals surface area contributed by atoms with E-state index in [2.05, 4.69) is 82.1 Å². The number of aromatic nitrogens is 1. The fourth-order valence-corrected chi connectivity index (χ4v) is 7.55. The molecule has 3 aromatic rings. The van der Waals surface area contributed by atoms with Crippen LogP contribution in [-0.4, -0.2) is 66.6 Å². The highest BCUT2D eigenvalue weighted by Gasteiger charge is 2.50. The van der Waals surface area contributed by atoms with E-state index in [1.807, 2.05) is 6.07 Å². The standard InChI is InChI=1S/C35H45N5O2/c1-25(2)30-6-4-5-7-31(30)32-24-38(23-26-8-11-29(42-3)12-9-26)18-19-40(32)28-20-35(21-28)14-16-39(17-15-35)33-13-10-27(22-37-33)34(36)41/h4-13,22,25,28,32H,14-21,23-24H2,1-3H3,(H2,36,41). The molecule has 2 N–H and O–H groups in total. The zero-order valence-corrected chi connectivity index (χ0v) is 25.3. The van der Waals surface area contributed by atoms with Gasteiger partial charge in [-0.1, -0.05) is 50.2 Å². The molecule has 222 valence electrons. The highest BCUT2D eigenvalue weighted by Crippen LogP contribution is 2.53. The number of piperidine rings is 1. The molecule has 2 aromatic carbocycles. The van der Waals surface area contributed by atoms with E-state index in [0.717, 1.165) is 50.8 Å². The first-order valence-electron chi connectivity index (χ1n) is 15.5. The van der Waals surface area contributed by atoms with Gasteiger partial charge in [0.2, 0.25) is 5.91 Å². The summed E-state index contributed by atoms with van der Waals surface area (Å²) in [5.41, 5.74) is 10.6. The number of carbonyl (C=O) groups excluding carboxylic acids is 1. The van der Waals surface area contributed by atoms with Gasteiger partial charge in [0.15, 0.2) is 0 Å². The van der Waals surface area contributed by atoms with Crippen molar-refractivity contribution in [2.45, 2.75) is 64.1 Å². The molecule has 7 heteroatoms. The van der Waals surface area contributed by atoms with E-state index in [-0.39, 0.29) is 0 Å². The lowest BCUT2D eigenvalue weighted by Crippen LogP contribution is -2.60. The fraction of sp³-hybridized carbons (Fsp3) is 0.486. The molecule has 6 rings (SSSR count). The Balaban J connectivity index is 1.13. The molecular formula is C35H45N5O2. The highest BCUT2D eigenvalue weighted by atomic mass is 16.5. The largest absolute Gasteiger partial charge is 0.497 e. The number of nitrogens with zero attached hydrogens (tertiary/aromatic N) is 4. The Morgan fingerprint density at radius 3 is 2.38 bits per heavy atom. The average Bonchev–Trinajstić information content (AvgIpc) is 3.00. The predicted octanol–water partition coefficient (Wildman–Crippen LogP) is 5.62. The van der Waals surface area contributed by atoms with Crippen LogP contribution in [0.1, 0.15) is 78.5 Å². The normalized spacial score (nSPS) is 21.4. The van der Waals surface area contributed by atoms with Crippen LogP contribution in [0.2, 0.25) is 0 Å². The summed E-state index contributed by atoms with van der Waals surface area (Å²) < 4.78 is 5.38. The Morgan fingerprint density at radius 2 is 1.74 bits per heavy atom. The number of pyridine rings is 1. The van der Waals surface area contributed by atoms with Gasteiger partial charge in [-0.05, 0) is 78.0 Å². The van der Waals surface area contributed by atoms with Crippen molar-refractivity contribution in [3.63, 3.8) is 0 Å². The molecule has 3 heterocycles. The van der Waals surface area contributed by atoms with Crippen LogP contribution < -0.4 is 15.4 Å². The van der Waals surface area contributed by atoms with Crippen LogP contribution in [0, 0.1) is 5.41 Å². The summed E-state index contributed by atoms with van der Waals surface area (Å²) in [5, 5.41) is 0. The molecule has 1 saturated carbocycles. The molecule has 1 aromatic heterocycles. The Bertz CT molecular complexity index is 1360. The Kier molecular flexibility index (Phi) is 8.24. The van der Waals surface area contributed by atoms with Crippen molar-refractivity contribution in [1.29, 1.82) is 0 Å². The Hall–Kier alpha value is -3.42. The number of benzene rings is 2. The van der Waals surface area contributed by atoms with E-state index in [1.54, 1.807) is 19.4 Å². The monoisotopic (exact) mass is 567 g/mol. The number of piperazine rings is 1. The Labute approximate surface area is 250 Å². The third-order valence-corrected chi connectivity index (χ3v) is 10.0. The summed E-state index contributed by atoms with van der Waals surface area (Å²) >= 11 is 0. The van der Waals surface area contributed by atoms with Gasteiger partial charge in [-0.3, -0.25) is 14.6 Å². The molecule has 42 heavy (non-hydrogen) atoms. The van der Waals surface area contributed by atoms with E-state index in [4.69, 9.17) is 10.5 Å². The highest BCUT2D eigenvalue weighted by molar-refractivity contribution is 5.92. The topological polar surface area (TPSA) is 74.9 Å². The molecule has 2 aliphatic heterocycles. The Morgan fingerprint density at radius 1 is 1.00 bits per heavy atom. The van der Waals surface area contributed by atoms with Crippen LogP contribution in [0.3, 0.4) is 0 Å². The van der Waals surface area contributed by atoms with Crippen LogP contribution in [-0.2, 0) is 6.54 Å². The first-order valence-corrected chi connectivity index (χ1v) is 15.5. The van der Waals surface area contributed by atoms with Crippen molar-refractivity contribution in [3.05, 3.63) is 89.1 Å². The number of ether oxygens (including phenoxy) is 1. The zero-order chi connectivity index (χ0) is 29.3. The van der Waals surface area contributed by atoms with Crippen molar-refractivity contribution in [3.8, 4) is 5.75 Å². The van der Waals surface area contributed by atoms with Crippen LogP contribution >= 0.6 is 0 Å². The molecule has 1 atom stereocenters. The second kappa shape index (κ2) is 12.1. The number of hydrogen-bond donors (Lipinski definition) is 1. The number of amides is 1. The third kappa shape index (κ3) is 5.90. The number of carbonyl (C=O) groups is 1. The van der Waals surface area contributed by atoms with E-state index in [9.17, 15) is 4.79 Å². The minimum absolute atomic E-state index is 0.408. The molecule has 3 fully saturated rings. The van der Waals surface area contributed by atoms with E-state index in [1.165, 1.54) is 42.4 Å². The molecule has 0 bridgehead atoms. The molecule has 2 saturated heterocycles. The quantitative estimate of drug-likeness (QED) is 0.381. The summed E-state index contributed by atoms with van der Waals surface area (Å²) in [6.07, 6.45) is 6.58. The van der Waals surface area contributed by atoms with Gasteiger partial charge in [0.05, 0.1) is 12.7 Å². The average molecular weight is 568 g/mol. The maximum absolute atomic E-state index is 11.4. The molecule has 1 aliphatic carbocycles. The second-order valence-electron chi connectivity index (χ2n) is 12.9. The molecule has 1 spiro atoms. The van der Waals surface area contributed by atoms with Gasteiger partial charge in [-0.15, -0.1) is 0 Å². The summed E-state index contributed by atoms with van der Waals surface area (Å²) in [5.74, 6) is 1.93. The number of nitrogens with two attached hydrogens (primary N) is 1. The molecule has 0 radical (unpaired) electrons. The van der Waals surface area contributed by atoms with Gasteiger partial charge in [-0.25, -0.2) is 4.98 Å². The van der Waals surface area contributed by atoms with Gasteiger partial charge in [0.25, 0.3) is 0 Å². The molecule has 1 unspecified atom stereocenters. The lowest BCUT2D eigenvalue weighted by molar-refractivity contribution is -0.0628. The van der Waals surface area contributed by atoms with Crippen LogP contribution in [0.15, 0.2) is 66.9 Å². The van der Waals surface area contributed by atoms with E-state index >= 15 is 0 Å². The molecule has 3 aliphatic rings.